The predicted molar refractivity (Wildman–Crippen MR) is 170 cm³/mol. The van der Waals surface area contributed by atoms with Gasteiger partial charge in [-0.25, -0.2) is 4.98 Å². The maximum absolute atomic E-state index is 14.1. The van der Waals surface area contributed by atoms with E-state index in [0.717, 1.165) is 48.6 Å². The summed E-state index contributed by atoms with van der Waals surface area (Å²) in [6.07, 6.45) is 3.80. The molecule has 4 heterocycles. The Balaban J connectivity index is 1.25. The fourth-order valence-corrected chi connectivity index (χ4v) is 5.70. The minimum absolute atomic E-state index is 0.0899. The molecule has 1 saturated heterocycles. The molecule has 3 N–H and O–H groups in total. The molecular weight excluding hydrogens is 556 g/mol. The van der Waals surface area contributed by atoms with Crippen molar-refractivity contribution in [2.24, 2.45) is 0 Å². The number of piperidine rings is 1. The van der Waals surface area contributed by atoms with Gasteiger partial charge in [-0.15, -0.1) is 0 Å². The first-order valence-corrected chi connectivity index (χ1v) is 14.8. The Morgan fingerprint density at radius 2 is 1.70 bits per heavy atom. The van der Waals surface area contributed by atoms with Gasteiger partial charge in [0.1, 0.15) is 29.3 Å². The SMILES string of the molecule is Cc1ccccc1Oc1cc2cnc(Nc3ccc(OC4CCNCC4)cc3)nc2n(C2CNc3ccccc3C2=O)c1=O. The molecule has 222 valence electrons. The molecule has 0 aliphatic carbocycles. The molecule has 2 aromatic heterocycles. The monoisotopic (exact) mass is 588 g/mol. The van der Waals surface area contributed by atoms with Crippen LogP contribution >= 0.6 is 0 Å². The largest absolute Gasteiger partial charge is 0.490 e. The third kappa shape index (κ3) is 5.47. The molecule has 0 saturated carbocycles. The van der Waals surface area contributed by atoms with Crippen molar-refractivity contribution < 1.29 is 14.3 Å². The molecule has 2 aliphatic rings. The van der Waals surface area contributed by atoms with Crippen molar-refractivity contribution in [3.8, 4) is 17.2 Å². The first kappa shape index (κ1) is 27.6. The third-order valence-electron chi connectivity index (χ3n) is 8.05. The number of hydrogen-bond donors (Lipinski definition) is 3. The highest BCUT2D eigenvalue weighted by Crippen LogP contribution is 2.31. The maximum Gasteiger partial charge on any atom is 0.295 e. The van der Waals surface area contributed by atoms with Crippen LogP contribution in [-0.4, -0.2) is 46.1 Å². The van der Waals surface area contributed by atoms with Gasteiger partial charge in [-0.05, 0) is 86.9 Å². The molecule has 1 fully saturated rings. The normalized spacial score (nSPS) is 16.7. The van der Waals surface area contributed by atoms with Gasteiger partial charge in [-0.1, -0.05) is 30.3 Å². The number of rotatable bonds is 7. The van der Waals surface area contributed by atoms with E-state index in [4.69, 9.17) is 14.5 Å². The lowest BCUT2D eigenvalue weighted by molar-refractivity contribution is 0.0927. The molecule has 7 rings (SSSR count). The Bertz CT molecular complexity index is 1900. The van der Waals surface area contributed by atoms with E-state index in [1.54, 1.807) is 24.4 Å². The predicted octanol–water partition coefficient (Wildman–Crippen LogP) is 5.62. The van der Waals surface area contributed by atoms with Crippen molar-refractivity contribution >= 4 is 34.1 Å². The van der Waals surface area contributed by atoms with E-state index in [1.807, 2.05) is 67.6 Å². The Morgan fingerprint density at radius 3 is 2.52 bits per heavy atom. The molecule has 1 unspecified atom stereocenters. The van der Waals surface area contributed by atoms with Gasteiger partial charge >= 0.3 is 0 Å². The van der Waals surface area contributed by atoms with Crippen LogP contribution in [0.5, 0.6) is 17.2 Å². The van der Waals surface area contributed by atoms with Crippen LogP contribution in [0.4, 0.5) is 17.3 Å². The number of Topliss-reactive ketones (excluding diaryl/α,β-unsaturated/α-hetero) is 1. The molecule has 2 aliphatic heterocycles. The van der Waals surface area contributed by atoms with Crippen molar-refractivity contribution in [1.82, 2.24) is 19.9 Å². The van der Waals surface area contributed by atoms with Crippen LogP contribution in [0.3, 0.4) is 0 Å². The zero-order chi connectivity index (χ0) is 30.0. The summed E-state index contributed by atoms with van der Waals surface area (Å²) in [6, 6.07) is 23.2. The van der Waals surface area contributed by atoms with E-state index in [1.165, 1.54) is 4.57 Å². The zero-order valence-corrected chi connectivity index (χ0v) is 24.2. The van der Waals surface area contributed by atoms with Crippen molar-refractivity contribution in [2.45, 2.75) is 31.9 Å². The highest BCUT2D eigenvalue weighted by Gasteiger charge is 2.32. The summed E-state index contributed by atoms with van der Waals surface area (Å²) in [4.78, 5) is 37.1. The number of carbonyl (C=O) groups is 1. The molecule has 0 radical (unpaired) electrons. The molecule has 0 amide bonds. The van der Waals surface area contributed by atoms with Crippen LogP contribution in [0.25, 0.3) is 11.0 Å². The summed E-state index contributed by atoms with van der Waals surface area (Å²) in [5.41, 5.74) is 2.78. The van der Waals surface area contributed by atoms with Crippen molar-refractivity contribution in [2.75, 3.05) is 30.3 Å². The second-order valence-electron chi connectivity index (χ2n) is 11.0. The summed E-state index contributed by atoms with van der Waals surface area (Å²) in [7, 11) is 0. The van der Waals surface area contributed by atoms with Gasteiger partial charge in [-0.2, -0.15) is 4.98 Å². The quantitative estimate of drug-likeness (QED) is 0.223. The molecule has 10 nitrogen and oxygen atoms in total. The lowest BCUT2D eigenvalue weighted by Gasteiger charge is -2.27. The van der Waals surface area contributed by atoms with Crippen LogP contribution in [0.1, 0.15) is 34.8 Å². The lowest BCUT2D eigenvalue weighted by atomic mass is 9.97. The average molecular weight is 589 g/mol. The van der Waals surface area contributed by atoms with E-state index in [-0.39, 0.29) is 24.2 Å². The molecule has 44 heavy (non-hydrogen) atoms. The minimum Gasteiger partial charge on any atom is -0.490 e. The molecule has 3 aromatic carbocycles. The maximum atomic E-state index is 14.1. The van der Waals surface area contributed by atoms with Crippen molar-refractivity contribution in [1.29, 1.82) is 0 Å². The molecule has 1 atom stereocenters. The summed E-state index contributed by atoms with van der Waals surface area (Å²) in [5, 5.41) is 10.4. The van der Waals surface area contributed by atoms with Gasteiger partial charge < -0.3 is 25.4 Å². The fraction of sp³-hybridized carbons (Fsp3) is 0.235. The Kier molecular flexibility index (Phi) is 7.41. The van der Waals surface area contributed by atoms with Gasteiger partial charge in [0.05, 0.1) is 0 Å². The van der Waals surface area contributed by atoms with Gasteiger partial charge in [0, 0.05) is 35.1 Å². The van der Waals surface area contributed by atoms with E-state index < -0.39 is 11.6 Å². The Morgan fingerprint density at radius 1 is 0.932 bits per heavy atom. The summed E-state index contributed by atoms with van der Waals surface area (Å²) < 4.78 is 13.7. The van der Waals surface area contributed by atoms with E-state index in [0.29, 0.717) is 28.3 Å². The zero-order valence-electron chi connectivity index (χ0n) is 24.2. The van der Waals surface area contributed by atoms with E-state index in [2.05, 4.69) is 20.9 Å². The van der Waals surface area contributed by atoms with E-state index in [9.17, 15) is 9.59 Å². The number of aryl methyl sites for hydroxylation is 1. The molecular formula is C34H32N6O4. The summed E-state index contributed by atoms with van der Waals surface area (Å²) in [5.74, 6) is 1.57. The van der Waals surface area contributed by atoms with Crippen LogP contribution in [0.2, 0.25) is 0 Å². The number of para-hydroxylation sites is 2. The Labute approximate surface area is 254 Å². The van der Waals surface area contributed by atoms with Crippen LogP contribution < -0.4 is 31.0 Å². The first-order chi connectivity index (χ1) is 21.5. The Hall–Kier alpha value is -5.22. The number of nitrogens with zero attached hydrogens (tertiary/aromatic N) is 3. The highest BCUT2D eigenvalue weighted by molar-refractivity contribution is 6.06. The number of pyridine rings is 1. The fourth-order valence-electron chi connectivity index (χ4n) is 5.70. The second kappa shape index (κ2) is 11.8. The minimum atomic E-state index is -0.838. The van der Waals surface area contributed by atoms with Crippen LogP contribution in [0, 0.1) is 6.92 Å². The molecule has 0 spiro atoms. The number of benzene rings is 3. The van der Waals surface area contributed by atoms with Gasteiger partial charge in [0.2, 0.25) is 5.95 Å². The van der Waals surface area contributed by atoms with Crippen molar-refractivity contribution in [3.05, 3.63) is 107 Å². The standard InChI is InChI=1S/C34H32N6O4/c1-21-6-2-5-9-29(21)44-30-18-22-19-37-34(38-23-10-12-24(13-11-23)43-25-14-16-35-17-15-25)39-32(22)40(33(30)42)28-20-36-27-8-4-3-7-26(27)31(28)41/h2-13,18-19,25,28,35-36H,14-17,20H2,1H3,(H,37,38,39). The van der Waals surface area contributed by atoms with E-state index >= 15 is 0 Å². The molecule has 5 aromatic rings. The highest BCUT2D eigenvalue weighted by atomic mass is 16.5. The van der Waals surface area contributed by atoms with Crippen LogP contribution in [0.15, 0.2) is 89.9 Å². The smallest absolute Gasteiger partial charge is 0.295 e. The van der Waals surface area contributed by atoms with Crippen LogP contribution in [-0.2, 0) is 0 Å². The van der Waals surface area contributed by atoms with Crippen molar-refractivity contribution in [3.63, 3.8) is 0 Å². The molecule has 0 bridgehead atoms. The van der Waals surface area contributed by atoms with Gasteiger partial charge in [-0.3, -0.25) is 14.2 Å². The van der Waals surface area contributed by atoms with Gasteiger partial charge in [0.25, 0.3) is 5.56 Å². The first-order valence-electron chi connectivity index (χ1n) is 14.8. The summed E-state index contributed by atoms with van der Waals surface area (Å²) in [6.45, 7) is 4.06. The third-order valence-corrected chi connectivity index (χ3v) is 8.05. The number of ketones is 1. The average Bonchev–Trinajstić information content (AvgIpc) is 3.05. The number of aromatic nitrogens is 3. The number of nitrogens with one attached hydrogen (secondary N) is 3. The topological polar surface area (TPSA) is 119 Å². The molecule has 10 heteroatoms. The lowest BCUT2D eigenvalue weighted by Crippen LogP contribution is -2.38. The summed E-state index contributed by atoms with van der Waals surface area (Å²) >= 11 is 0. The number of anilines is 3. The number of fused-ring (bicyclic) bond motifs is 2. The number of carbonyl (C=O) groups excluding carboxylic acids is 1. The number of ether oxygens (including phenoxy) is 2. The second-order valence-corrected chi connectivity index (χ2v) is 11.0. The van der Waals surface area contributed by atoms with Gasteiger partial charge in [0.15, 0.2) is 11.5 Å². The number of hydrogen-bond acceptors (Lipinski definition) is 9.